The number of nitrogens with zero attached hydrogens (tertiary/aromatic N) is 4. The van der Waals surface area contributed by atoms with Crippen molar-refractivity contribution in [1.29, 1.82) is 0 Å². The summed E-state index contributed by atoms with van der Waals surface area (Å²) in [5.41, 5.74) is 3.92. The number of halogens is 1. The number of fused-ring (bicyclic) bond motifs is 3. The fourth-order valence-corrected chi connectivity index (χ4v) is 4.55. The fraction of sp³-hybridized carbons (Fsp3) is 0.381. The van der Waals surface area contributed by atoms with Crippen LogP contribution in [0.3, 0.4) is 0 Å². The van der Waals surface area contributed by atoms with Crippen LogP contribution in [0.15, 0.2) is 39.5 Å². The molecule has 0 N–H and O–H groups in total. The molecular formula is C21H21BrN4O2. The van der Waals surface area contributed by atoms with Gasteiger partial charge in [0.15, 0.2) is 0 Å². The van der Waals surface area contributed by atoms with Crippen LogP contribution in [-0.2, 0) is 11.2 Å². The van der Waals surface area contributed by atoms with Gasteiger partial charge in [0.2, 0.25) is 0 Å². The van der Waals surface area contributed by atoms with Gasteiger partial charge in [0, 0.05) is 28.6 Å². The summed E-state index contributed by atoms with van der Waals surface area (Å²) in [7, 11) is 0. The minimum Gasteiger partial charge on any atom is -0.378 e. The first kappa shape index (κ1) is 17.8. The molecule has 4 aromatic rings. The van der Waals surface area contributed by atoms with E-state index in [2.05, 4.69) is 43.6 Å². The molecule has 0 spiro atoms. The van der Waals surface area contributed by atoms with E-state index in [4.69, 9.17) is 14.2 Å². The van der Waals surface area contributed by atoms with Crippen LogP contribution in [0.5, 0.6) is 0 Å². The summed E-state index contributed by atoms with van der Waals surface area (Å²) in [6.45, 7) is 4.82. The molecule has 0 bridgehead atoms. The standard InChI is InChI=1S/C21H21BrN4O2/c1-12-8-16(5-6-27-12)26-20(10-15-7-13(2)28-25-15)24-19-11-23-18-4-3-14(22)9-17(18)21(19)26/h3-4,7,9,11-12,16H,5-6,8,10H2,1-2H3/t12-,16-/m1/s1. The average molecular weight is 441 g/mol. The second-order valence-electron chi connectivity index (χ2n) is 7.52. The van der Waals surface area contributed by atoms with Gasteiger partial charge in [0.25, 0.3) is 0 Å². The van der Waals surface area contributed by atoms with Gasteiger partial charge in [-0.3, -0.25) is 4.98 Å². The molecule has 0 radical (unpaired) electrons. The fourth-order valence-electron chi connectivity index (χ4n) is 4.19. The highest BCUT2D eigenvalue weighted by Crippen LogP contribution is 2.34. The number of aryl methyl sites for hydroxylation is 1. The maximum Gasteiger partial charge on any atom is 0.133 e. The monoisotopic (exact) mass is 440 g/mol. The molecule has 0 amide bonds. The molecule has 1 fully saturated rings. The number of hydrogen-bond donors (Lipinski definition) is 0. The molecule has 7 heteroatoms. The first-order valence-electron chi connectivity index (χ1n) is 9.57. The van der Waals surface area contributed by atoms with Crippen LogP contribution in [0.1, 0.15) is 43.1 Å². The lowest BCUT2D eigenvalue weighted by atomic mass is 10.0. The summed E-state index contributed by atoms with van der Waals surface area (Å²) < 4.78 is 14.5. The molecule has 4 heterocycles. The predicted octanol–water partition coefficient (Wildman–Crippen LogP) is 4.97. The molecule has 1 aromatic carbocycles. The molecule has 1 aliphatic heterocycles. The Kier molecular flexibility index (Phi) is 4.44. The zero-order valence-corrected chi connectivity index (χ0v) is 17.4. The van der Waals surface area contributed by atoms with Crippen molar-refractivity contribution in [3.05, 3.63) is 52.2 Å². The Morgan fingerprint density at radius 1 is 1.25 bits per heavy atom. The van der Waals surface area contributed by atoms with E-state index in [1.54, 1.807) is 0 Å². The van der Waals surface area contributed by atoms with Crippen LogP contribution in [-0.4, -0.2) is 32.4 Å². The normalized spacial score (nSPS) is 20.2. The van der Waals surface area contributed by atoms with E-state index in [1.807, 2.05) is 31.3 Å². The van der Waals surface area contributed by atoms with Gasteiger partial charge in [-0.05, 0) is 44.9 Å². The van der Waals surface area contributed by atoms with E-state index in [0.717, 1.165) is 63.1 Å². The maximum absolute atomic E-state index is 5.81. The SMILES string of the molecule is Cc1cc(Cc2nc3cnc4ccc(Br)cc4c3n2[C@@H]2CCO[C@H](C)C2)no1. The van der Waals surface area contributed by atoms with Crippen molar-refractivity contribution < 1.29 is 9.26 Å². The van der Waals surface area contributed by atoms with Crippen LogP contribution < -0.4 is 0 Å². The van der Waals surface area contributed by atoms with Gasteiger partial charge in [-0.15, -0.1) is 0 Å². The topological polar surface area (TPSA) is 66.0 Å². The van der Waals surface area contributed by atoms with Crippen molar-refractivity contribution in [2.45, 2.75) is 45.3 Å². The van der Waals surface area contributed by atoms with E-state index in [0.29, 0.717) is 12.5 Å². The Bertz CT molecular complexity index is 1170. The molecule has 1 saturated heterocycles. The third-order valence-electron chi connectivity index (χ3n) is 5.39. The van der Waals surface area contributed by atoms with Gasteiger partial charge in [0.1, 0.15) is 17.1 Å². The van der Waals surface area contributed by atoms with E-state index in [9.17, 15) is 0 Å². The second kappa shape index (κ2) is 6.97. The minimum absolute atomic E-state index is 0.234. The molecule has 2 atom stereocenters. The van der Waals surface area contributed by atoms with Crippen molar-refractivity contribution in [3.63, 3.8) is 0 Å². The predicted molar refractivity (Wildman–Crippen MR) is 110 cm³/mol. The van der Waals surface area contributed by atoms with Gasteiger partial charge >= 0.3 is 0 Å². The molecule has 6 nitrogen and oxygen atoms in total. The Morgan fingerprint density at radius 3 is 2.93 bits per heavy atom. The lowest BCUT2D eigenvalue weighted by Crippen LogP contribution is -2.26. The molecule has 1 aliphatic rings. The van der Waals surface area contributed by atoms with Crippen LogP contribution >= 0.6 is 15.9 Å². The average Bonchev–Trinajstić information content (AvgIpc) is 3.25. The lowest BCUT2D eigenvalue weighted by molar-refractivity contribution is 0.00630. The Balaban J connectivity index is 1.74. The minimum atomic E-state index is 0.234. The highest BCUT2D eigenvalue weighted by Gasteiger charge is 2.26. The molecule has 0 aliphatic carbocycles. The second-order valence-corrected chi connectivity index (χ2v) is 8.43. The largest absolute Gasteiger partial charge is 0.378 e. The van der Waals surface area contributed by atoms with Crippen LogP contribution in [0.2, 0.25) is 0 Å². The first-order valence-corrected chi connectivity index (χ1v) is 10.4. The Hall–Kier alpha value is -2.25. The van der Waals surface area contributed by atoms with Gasteiger partial charge in [-0.1, -0.05) is 21.1 Å². The third-order valence-corrected chi connectivity index (χ3v) is 5.88. The molecule has 0 unspecified atom stereocenters. The smallest absolute Gasteiger partial charge is 0.133 e. The number of rotatable bonds is 3. The van der Waals surface area contributed by atoms with Crippen molar-refractivity contribution >= 4 is 37.9 Å². The van der Waals surface area contributed by atoms with Crippen LogP contribution in [0, 0.1) is 6.92 Å². The maximum atomic E-state index is 5.81. The van der Waals surface area contributed by atoms with E-state index < -0.39 is 0 Å². The summed E-state index contributed by atoms with van der Waals surface area (Å²) in [6, 6.07) is 8.51. The summed E-state index contributed by atoms with van der Waals surface area (Å²) in [4.78, 5) is 9.58. The number of aromatic nitrogens is 4. The number of pyridine rings is 1. The molecular weight excluding hydrogens is 420 g/mol. The van der Waals surface area contributed by atoms with E-state index >= 15 is 0 Å². The Labute approximate surface area is 171 Å². The molecule has 3 aromatic heterocycles. The summed E-state index contributed by atoms with van der Waals surface area (Å²) in [5.74, 6) is 1.81. The van der Waals surface area contributed by atoms with Crippen molar-refractivity contribution in [3.8, 4) is 0 Å². The zero-order chi connectivity index (χ0) is 19.3. The first-order chi connectivity index (χ1) is 13.6. The highest BCUT2D eigenvalue weighted by molar-refractivity contribution is 9.10. The highest BCUT2D eigenvalue weighted by atomic mass is 79.9. The van der Waals surface area contributed by atoms with Crippen molar-refractivity contribution in [2.75, 3.05) is 6.61 Å². The summed E-state index contributed by atoms with van der Waals surface area (Å²) in [6.07, 6.45) is 4.68. The van der Waals surface area contributed by atoms with Crippen LogP contribution in [0.4, 0.5) is 0 Å². The van der Waals surface area contributed by atoms with Gasteiger partial charge in [0.05, 0.1) is 35.4 Å². The van der Waals surface area contributed by atoms with Gasteiger partial charge in [-0.2, -0.15) is 0 Å². The van der Waals surface area contributed by atoms with Crippen LogP contribution in [0.25, 0.3) is 21.9 Å². The Morgan fingerprint density at radius 2 is 2.14 bits per heavy atom. The zero-order valence-electron chi connectivity index (χ0n) is 15.9. The third kappa shape index (κ3) is 3.12. The molecule has 144 valence electrons. The summed E-state index contributed by atoms with van der Waals surface area (Å²) in [5, 5.41) is 5.29. The quantitative estimate of drug-likeness (QED) is 0.449. The summed E-state index contributed by atoms with van der Waals surface area (Å²) >= 11 is 3.61. The van der Waals surface area contributed by atoms with E-state index in [-0.39, 0.29) is 6.10 Å². The molecule has 5 rings (SSSR count). The number of hydrogen-bond acceptors (Lipinski definition) is 5. The van der Waals surface area contributed by atoms with E-state index in [1.165, 1.54) is 0 Å². The lowest BCUT2D eigenvalue weighted by Gasteiger charge is -2.30. The van der Waals surface area contributed by atoms with Crippen molar-refractivity contribution in [1.82, 2.24) is 19.7 Å². The number of ether oxygens (including phenoxy) is 1. The number of imidazole rings is 1. The molecule has 28 heavy (non-hydrogen) atoms. The van der Waals surface area contributed by atoms with Crippen molar-refractivity contribution in [2.24, 2.45) is 0 Å². The molecule has 0 saturated carbocycles. The van der Waals surface area contributed by atoms with Gasteiger partial charge < -0.3 is 13.8 Å². The number of benzene rings is 1. The van der Waals surface area contributed by atoms with Gasteiger partial charge in [-0.25, -0.2) is 4.98 Å².